The van der Waals surface area contributed by atoms with E-state index in [-0.39, 0.29) is 12.5 Å². The first kappa shape index (κ1) is 14.4. The fourth-order valence-corrected chi connectivity index (χ4v) is 1.85. The monoisotopic (exact) mass is 289 g/mol. The fourth-order valence-electron chi connectivity index (χ4n) is 1.72. The maximum absolute atomic E-state index is 11.6. The van der Waals surface area contributed by atoms with Gasteiger partial charge in [-0.05, 0) is 36.2 Å². The Hall–Kier alpha value is -2.00. The summed E-state index contributed by atoms with van der Waals surface area (Å²) in [5, 5.41) is 3.47. The second kappa shape index (κ2) is 7.56. The predicted octanol–water partition coefficient (Wildman–Crippen LogP) is 3.08. The average molecular weight is 290 g/mol. The maximum atomic E-state index is 11.6. The van der Waals surface area contributed by atoms with Crippen molar-refractivity contribution in [2.75, 3.05) is 13.2 Å². The van der Waals surface area contributed by atoms with Crippen LogP contribution in [0, 0.1) is 0 Å². The summed E-state index contributed by atoms with van der Waals surface area (Å²) < 4.78 is 5.35. The molecule has 0 spiro atoms. The molecule has 0 bridgehead atoms. The Kier molecular flexibility index (Phi) is 5.44. The molecule has 0 radical (unpaired) electrons. The van der Waals surface area contributed by atoms with Crippen molar-refractivity contribution < 1.29 is 9.53 Å². The molecule has 1 amide bonds. The molecule has 0 saturated carbocycles. The summed E-state index contributed by atoms with van der Waals surface area (Å²) in [6.07, 6.45) is 0.813. The maximum Gasteiger partial charge on any atom is 0.257 e. The number of hydrogen-bond acceptors (Lipinski definition) is 2. The molecule has 3 nitrogen and oxygen atoms in total. The van der Waals surface area contributed by atoms with Gasteiger partial charge in [-0.3, -0.25) is 4.79 Å². The zero-order valence-corrected chi connectivity index (χ0v) is 11.8. The number of amides is 1. The van der Waals surface area contributed by atoms with Crippen LogP contribution in [0.5, 0.6) is 5.75 Å². The van der Waals surface area contributed by atoms with Crippen LogP contribution in [0.15, 0.2) is 54.6 Å². The summed E-state index contributed by atoms with van der Waals surface area (Å²) in [7, 11) is 0. The van der Waals surface area contributed by atoms with Crippen molar-refractivity contribution in [2.24, 2.45) is 0 Å². The Morgan fingerprint density at radius 3 is 2.45 bits per heavy atom. The number of halogens is 1. The van der Waals surface area contributed by atoms with Crippen molar-refractivity contribution in [1.29, 1.82) is 0 Å². The lowest BCUT2D eigenvalue weighted by Crippen LogP contribution is -2.30. The second-order valence-corrected chi connectivity index (χ2v) is 4.76. The van der Waals surface area contributed by atoms with Crippen LogP contribution in [-0.4, -0.2) is 19.1 Å². The molecule has 0 aliphatic carbocycles. The van der Waals surface area contributed by atoms with Gasteiger partial charge in [0.15, 0.2) is 6.61 Å². The van der Waals surface area contributed by atoms with Gasteiger partial charge in [0.25, 0.3) is 5.91 Å². The molecule has 104 valence electrons. The van der Waals surface area contributed by atoms with E-state index in [9.17, 15) is 4.79 Å². The largest absolute Gasteiger partial charge is 0.484 e. The minimum absolute atomic E-state index is 0.0103. The quantitative estimate of drug-likeness (QED) is 0.887. The lowest BCUT2D eigenvalue weighted by molar-refractivity contribution is -0.123. The molecule has 4 heteroatoms. The Balaban J connectivity index is 1.67. The molecule has 2 aromatic rings. The predicted molar refractivity (Wildman–Crippen MR) is 80.1 cm³/mol. The Bertz CT molecular complexity index is 540. The highest BCUT2D eigenvalue weighted by atomic mass is 35.5. The SMILES string of the molecule is O=C(COc1ccc(Cl)cc1)NCCc1ccccc1. The first-order valence-corrected chi connectivity index (χ1v) is 6.81. The molecule has 0 saturated heterocycles. The van der Waals surface area contributed by atoms with E-state index < -0.39 is 0 Å². The molecular weight excluding hydrogens is 274 g/mol. The first-order chi connectivity index (χ1) is 9.74. The third kappa shape index (κ3) is 4.94. The van der Waals surface area contributed by atoms with Crippen LogP contribution in [0.3, 0.4) is 0 Å². The van der Waals surface area contributed by atoms with E-state index in [1.54, 1.807) is 24.3 Å². The number of nitrogens with one attached hydrogen (secondary N) is 1. The van der Waals surface area contributed by atoms with Crippen LogP contribution < -0.4 is 10.1 Å². The summed E-state index contributed by atoms with van der Waals surface area (Å²) in [6.45, 7) is 0.614. The molecule has 0 aliphatic heterocycles. The lowest BCUT2D eigenvalue weighted by Gasteiger charge is -2.07. The summed E-state index contributed by atoms with van der Waals surface area (Å²) in [5.41, 5.74) is 1.20. The van der Waals surface area contributed by atoms with E-state index in [1.165, 1.54) is 5.56 Å². The van der Waals surface area contributed by atoms with Crippen molar-refractivity contribution in [3.63, 3.8) is 0 Å². The molecule has 2 aromatic carbocycles. The van der Waals surface area contributed by atoms with Crippen molar-refractivity contribution in [3.8, 4) is 5.75 Å². The highest BCUT2D eigenvalue weighted by molar-refractivity contribution is 6.30. The number of hydrogen-bond donors (Lipinski definition) is 1. The van der Waals surface area contributed by atoms with Crippen LogP contribution in [0.25, 0.3) is 0 Å². The summed E-state index contributed by atoms with van der Waals surface area (Å²) >= 11 is 5.77. The Morgan fingerprint density at radius 2 is 1.75 bits per heavy atom. The van der Waals surface area contributed by atoms with Crippen LogP contribution >= 0.6 is 11.6 Å². The normalized spacial score (nSPS) is 10.1. The van der Waals surface area contributed by atoms with Gasteiger partial charge < -0.3 is 10.1 Å². The van der Waals surface area contributed by atoms with Gasteiger partial charge in [-0.2, -0.15) is 0 Å². The van der Waals surface area contributed by atoms with Crippen molar-refractivity contribution in [2.45, 2.75) is 6.42 Å². The van der Waals surface area contributed by atoms with Gasteiger partial charge in [-0.25, -0.2) is 0 Å². The zero-order valence-electron chi connectivity index (χ0n) is 11.0. The Morgan fingerprint density at radius 1 is 1.05 bits per heavy atom. The van der Waals surface area contributed by atoms with Crippen LogP contribution in [0.4, 0.5) is 0 Å². The van der Waals surface area contributed by atoms with Crippen LogP contribution in [-0.2, 0) is 11.2 Å². The molecule has 20 heavy (non-hydrogen) atoms. The van der Waals surface area contributed by atoms with Gasteiger partial charge in [-0.1, -0.05) is 41.9 Å². The highest BCUT2D eigenvalue weighted by Crippen LogP contribution is 2.15. The fraction of sp³-hybridized carbons (Fsp3) is 0.188. The summed E-state index contributed by atoms with van der Waals surface area (Å²) in [5.74, 6) is 0.503. The standard InChI is InChI=1S/C16H16ClNO2/c17-14-6-8-15(9-7-14)20-12-16(19)18-11-10-13-4-2-1-3-5-13/h1-9H,10-12H2,(H,18,19). The minimum atomic E-state index is -0.129. The smallest absolute Gasteiger partial charge is 0.257 e. The van der Waals surface area contributed by atoms with Crippen molar-refractivity contribution >= 4 is 17.5 Å². The third-order valence-electron chi connectivity index (χ3n) is 2.76. The van der Waals surface area contributed by atoms with Gasteiger partial charge in [0, 0.05) is 11.6 Å². The molecule has 0 unspecified atom stereocenters. The van der Waals surface area contributed by atoms with E-state index in [0.29, 0.717) is 17.3 Å². The topological polar surface area (TPSA) is 38.3 Å². The molecule has 0 aromatic heterocycles. The van der Waals surface area contributed by atoms with Crippen LogP contribution in [0.1, 0.15) is 5.56 Å². The number of carbonyl (C=O) groups is 1. The average Bonchev–Trinajstić information content (AvgIpc) is 2.48. The van der Waals surface area contributed by atoms with Gasteiger partial charge in [0.1, 0.15) is 5.75 Å². The van der Waals surface area contributed by atoms with Crippen LogP contribution in [0.2, 0.25) is 5.02 Å². The Labute approximate surface area is 123 Å². The molecule has 2 rings (SSSR count). The summed E-state index contributed by atoms with van der Waals surface area (Å²) in [4.78, 5) is 11.6. The van der Waals surface area contributed by atoms with Gasteiger partial charge in [-0.15, -0.1) is 0 Å². The van der Waals surface area contributed by atoms with Gasteiger partial charge in [0.2, 0.25) is 0 Å². The van der Waals surface area contributed by atoms with Gasteiger partial charge in [0.05, 0.1) is 0 Å². The molecule has 0 heterocycles. The van der Waals surface area contributed by atoms with E-state index in [1.807, 2.05) is 30.3 Å². The summed E-state index contributed by atoms with van der Waals surface area (Å²) in [6, 6.07) is 16.9. The van der Waals surface area contributed by atoms with E-state index in [0.717, 1.165) is 6.42 Å². The van der Waals surface area contributed by atoms with E-state index in [2.05, 4.69) is 5.32 Å². The van der Waals surface area contributed by atoms with E-state index in [4.69, 9.17) is 16.3 Å². The number of carbonyl (C=O) groups excluding carboxylic acids is 1. The number of rotatable bonds is 6. The molecule has 0 fully saturated rings. The molecule has 0 aliphatic rings. The van der Waals surface area contributed by atoms with Crippen molar-refractivity contribution in [3.05, 3.63) is 65.2 Å². The van der Waals surface area contributed by atoms with Crippen molar-refractivity contribution in [1.82, 2.24) is 5.32 Å². The molecule has 0 atom stereocenters. The van der Waals surface area contributed by atoms with Gasteiger partial charge >= 0.3 is 0 Å². The number of ether oxygens (including phenoxy) is 1. The molecular formula is C16H16ClNO2. The van der Waals surface area contributed by atoms with E-state index >= 15 is 0 Å². The second-order valence-electron chi connectivity index (χ2n) is 4.33. The minimum Gasteiger partial charge on any atom is -0.484 e. The zero-order chi connectivity index (χ0) is 14.2. The highest BCUT2D eigenvalue weighted by Gasteiger charge is 2.02. The number of benzene rings is 2. The third-order valence-corrected chi connectivity index (χ3v) is 3.01. The lowest BCUT2D eigenvalue weighted by atomic mass is 10.1. The molecule has 1 N–H and O–H groups in total. The first-order valence-electron chi connectivity index (χ1n) is 6.43.